The van der Waals surface area contributed by atoms with Crippen molar-refractivity contribution in [3.8, 4) is 17.2 Å². The second-order valence-corrected chi connectivity index (χ2v) is 4.92. The van der Waals surface area contributed by atoms with Crippen LogP contribution in [0.25, 0.3) is 11.1 Å². The molecule has 0 radical (unpaired) electrons. The van der Waals surface area contributed by atoms with Gasteiger partial charge in [0.25, 0.3) is 0 Å². The summed E-state index contributed by atoms with van der Waals surface area (Å²) >= 11 is 0. The van der Waals surface area contributed by atoms with Gasteiger partial charge in [0.1, 0.15) is 6.07 Å². The molecule has 0 atom stereocenters. The van der Waals surface area contributed by atoms with Gasteiger partial charge < -0.3 is 0 Å². The van der Waals surface area contributed by atoms with Crippen molar-refractivity contribution >= 4 is 0 Å². The molecule has 0 N–H and O–H groups in total. The Hall–Kier alpha value is -1.81. The first kappa shape index (κ1) is 11.7. The van der Waals surface area contributed by atoms with Gasteiger partial charge in [-0.25, -0.2) is 0 Å². The highest BCUT2D eigenvalue weighted by Gasteiger charge is 2.20. The van der Waals surface area contributed by atoms with Crippen LogP contribution in [0.2, 0.25) is 0 Å². The molecule has 0 aromatic heterocycles. The third-order valence-electron chi connectivity index (χ3n) is 3.35. The van der Waals surface area contributed by atoms with Gasteiger partial charge in [-0.15, -0.1) is 0 Å². The van der Waals surface area contributed by atoms with Crippen molar-refractivity contribution in [2.45, 2.75) is 33.6 Å². The second kappa shape index (κ2) is 4.22. The Balaban J connectivity index is 2.90. The van der Waals surface area contributed by atoms with Crippen molar-refractivity contribution in [1.29, 1.82) is 5.26 Å². The van der Waals surface area contributed by atoms with Crippen LogP contribution in [-0.4, -0.2) is 0 Å². The highest BCUT2D eigenvalue weighted by Crippen LogP contribution is 2.38. The van der Waals surface area contributed by atoms with Crippen molar-refractivity contribution in [3.63, 3.8) is 0 Å². The minimum Gasteiger partial charge on any atom is -0.192 e. The van der Waals surface area contributed by atoms with Crippen LogP contribution < -0.4 is 0 Å². The van der Waals surface area contributed by atoms with Crippen LogP contribution in [0.3, 0.4) is 0 Å². The highest BCUT2D eigenvalue weighted by atomic mass is 14.3. The lowest BCUT2D eigenvalue weighted by molar-refractivity contribution is 0.868. The van der Waals surface area contributed by atoms with E-state index in [4.69, 9.17) is 0 Å². The zero-order valence-electron chi connectivity index (χ0n) is 10.8. The van der Waals surface area contributed by atoms with E-state index in [0.717, 1.165) is 11.1 Å². The minimum atomic E-state index is 0.390. The lowest BCUT2D eigenvalue weighted by atomic mass is 9.99. The van der Waals surface area contributed by atoms with E-state index < -0.39 is 0 Å². The normalized spacial score (nSPS) is 10.8. The number of fused-ring (bicyclic) bond motifs is 1. The van der Waals surface area contributed by atoms with E-state index in [1.807, 2.05) is 0 Å². The maximum absolute atomic E-state index is 9.40. The lowest BCUT2D eigenvalue weighted by Gasteiger charge is -2.03. The SMILES string of the molecule is Cc1cccc(C)c2c(C#N)c(C(C)C)cc1-2. The Kier molecular flexibility index (Phi) is 2.90. The van der Waals surface area contributed by atoms with Crippen LogP contribution in [0, 0.1) is 25.2 Å². The maximum atomic E-state index is 9.40. The zero-order valence-corrected chi connectivity index (χ0v) is 10.8. The second-order valence-electron chi connectivity index (χ2n) is 4.92. The van der Waals surface area contributed by atoms with E-state index >= 15 is 0 Å². The number of rotatable bonds is 1. The molecule has 0 saturated carbocycles. The van der Waals surface area contributed by atoms with Crippen molar-refractivity contribution in [2.24, 2.45) is 0 Å². The standard InChI is InChI=1S/C16H17N/c1-10(2)13-8-14-11(3)6-5-7-12(4)16(14)15(13)9-17/h5-8,10H,1-4H3. The maximum Gasteiger partial charge on any atom is 0.100 e. The molecule has 1 nitrogen and oxygen atoms in total. The van der Waals surface area contributed by atoms with Crippen LogP contribution >= 0.6 is 0 Å². The van der Waals surface area contributed by atoms with Crippen molar-refractivity contribution < 1.29 is 0 Å². The molecule has 2 aliphatic carbocycles. The van der Waals surface area contributed by atoms with Crippen LogP contribution in [0.1, 0.15) is 42.0 Å². The number of hydrogen-bond donors (Lipinski definition) is 0. The topological polar surface area (TPSA) is 23.8 Å². The quantitative estimate of drug-likeness (QED) is 0.702. The van der Waals surface area contributed by atoms with E-state index in [1.165, 1.54) is 22.3 Å². The Morgan fingerprint density at radius 1 is 1.12 bits per heavy atom. The van der Waals surface area contributed by atoms with Crippen LogP contribution in [0.5, 0.6) is 0 Å². The van der Waals surface area contributed by atoms with E-state index in [1.54, 1.807) is 0 Å². The van der Waals surface area contributed by atoms with Gasteiger partial charge in [-0.2, -0.15) is 5.26 Å². The first-order valence-electron chi connectivity index (χ1n) is 5.99. The summed E-state index contributed by atoms with van der Waals surface area (Å²) in [4.78, 5) is 0. The third kappa shape index (κ3) is 1.80. The smallest absolute Gasteiger partial charge is 0.100 e. The predicted octanol–water partition coefficient (Wildman–Crippen LogP) is 4.40. The Bertz CT molecular complexity index is 573. The monoisotopic (exact) mass is 223 g/mol. The molecule has 2 aliphatic rings. The summed E-state index contributed by atoms with van der Waals surface area (Å²) in [5.74, 6) is 0.390. The molecule has 86 valence electrons. The molecular weight excluding hydrogens is 206 g/mol. The third-order valence-corrected chi connectivity index (χ3v) is 3.35. The van der Waals surface area contributed by atoms with Gasteiger partial charge in [0.05, 0.1) is 5.56 Å². The first-order valence-corrected chi connectivity index (χ1v) is 5.99. The van der Waals surface area contributed by atoms with E-state index in [2.05, 4.69) is 58.0 Å². The lowest BCUT2D eigenvalue weighted by Crippen LogP contribution is -1.88. The van der Waals surface area contributed by atoms with Gasteiger partial charge in [-0.1, -0.05) is 32.0 Å². The molecule has 0 bridgehead atoms. The summed E-state index contributed by atoms with van der Waals surface area (Å²) in [7, 11) is 0. The molecule has 2 rings (SSSR count). The number of hydrogen-bond acceptors (Lipinski definition) is 1. The molecule has 0 fully saturated rings. The molecule has 17 heavy (non-hydrogen) atoms. The molecule has 0 aromatic rings. The van der Waals surface area contributed by atoms with Crippen molar-refractivity contribution in [2.75, 3.05) is 0 Å². The summed E-state index contributed by atoms with van der Waals surface area (Å²) in [6, 6.07) is 10.8. The summed E-state index contributed by atoms with van der Waals surface area (Å²) in [6.07, 6.45) is 0. The largest absolute Gasteiger partial charge is 0.192 e. The molecule has 0 aromatic carbocycles. The number of aryl methyl sites for hydroxylation is 2. The summed E-state index contributed by atoms with van der Waals surface area (Å²) in [5.41, 5.74) is 6.77. The summed E-state index contributed by atoms with van der Waals surface area (Å²) < 4.78 is 0. The van der Waals surface area contributed by atoms with Crippen LogP contribution in [0.4, 0.5) is 0 Å². The zero-order chi connectivity index (χ0) is 12.6. The van der Waals surface area contributed by atoms with Gasteiger partial charge in [-0.3, -0.25) is 0 Å². The Labute approximate surface area is 103 Å². The molecular formula is C16H17N. The van der Waals surface area contributed by atoms with Crippen molar-refractivity contribution in [3.05, 3.63) is 46.5 Å². The van der Waals surface area contributed by atoms with E-state index in [9.17, 15) is 5.26 Å². The molecule has 0 saturated heterocycles. The Morgan fingerprint density at radius 2 is 1.76 bits per heavy atom. The number of nitriles is 1. The highest BCUT2D eigenvalue weighted by molar-refractivity contribution is 5.81. The predicted molar refractivity (Wildman–Crippen MR) is 71.3 cm³/mol. The van der Waals surface area contributed by atoms with Crippen molar-refractivity contribution in [1.82, 2.24) is 0 Å². The van der Waals surface area contributed by atoms with E-state index in [0.29, 0.717) is 5.92 Å². The van der Waals surface area contributed by atoms with Gasteiger partial charge in [0, 0.05) is 5.56 Å². The molecule has 0 aliphatic heterocycles. The van der Waals surface area contributed by atoms with Gasteiger partial charge in [0.2, 0.25) is 0 Å². The molecule has 1 heteroatoms. The van der Waals surface area contributed by atoms with Gasteiger partial charge in [-0.05, 0) is 48.1 Å². The van der Waals surface area contributed by atoms with Crippen LogP contribution in [-0.2, 0) is 0 Å². The Morgan fingerprint density at radius 3 is 2.35 bits per heavy atom. The van der Waals surface area contributed by atoms with Gasteiger partial charge >= 0.3 is 0 Å². The van der Waals surface area contributed by atoms with Gasteiger partial charge in [0.15, 0.2) is 0 Å². The molecule has 0 unspecified atom stereocenters. The average molecular weight is 223 g/mol. The van der Waals surface area contributed by atoms with E-state index in [-0.39, 0.29) is 0 Å². The fraction of sp³-hybridized carbons (Fsp3) is 0.312. The fourth-order valence-corrected chi connectivity index (χ4v) is 2.39. The summed E-state index contributed by atoms with van der Waals surface area (Å²) in [6.45, 7) is 8.46. The molecule has 0 spiro atoms. The molecule has 0 heterocycles. The summed E-state index contributed by atoms with van der Waals surface area (Å²) in [5, 5.41) is 9.40. The molecule has 0 amide bonds. The fourth-order valence-electron chi connectivity index (χ4n) is 2.39. The van der Waals surface area contributed by atoms with Crippen LogP contribution in [0.15, 0.2) is 24.3 Å². The first-order chi connectivity index (χ1) is 8.06. The number of nitrogens with zero attached hydrogens (tertiary/aromatic N) is 1. The average Bonchev–Trinajstić information content (AvgIpc) is 2.61. The minimum absolute atomic E-state index is 0.390.